The van der Waals surface area contributed by atoms with Crippen LogP contribution in [0.15, 0.2) is 18.2 Å². The molecule has 1 amide bonds. The highest BCUT2D eigenvalue weighted by molar-refractivity contribution is 5.93. The smallest absolute Gasteiger partial charge is 0.338 e. The molecule has 2 aliphatic rings. The van der Waals surface area contributed by atoms with Crippen LogP contribution >= 0.6 is 0 Å². The number of fused-ring (bicyclic) bond motifs is 1. The molecule has 1 saturated carbocycles. The van der Waals surface area contributed by atoms with Gasteiger partial charge in [-0.1, -0.05) is 12.8 Å². The normalized spacial score (nSPS) is 20.9. The number of carbonyl (C=O) groups is 2. The molecule has 164 valence electrons. The van der Waals surface area contributed by atoms with Crippen LogP contribution in [0.1, 0.15) is 48.9 Å². The number of benzene rings is 1. The highest BCUT2D eigenvalue weighted by Gasteiger charge is 2.35. The van der Waals surface area contributed by atoms with Crippen LogP contribution in [0.2, 0.25) is 0 Å². The Morgan fingerprint density at radius 3 is 2.77 bits per heavy atom. The number of anilines is 1. The molecule has 1 aliphatic carbocycles. The fraction of sp³-hybridized carbons (Fsp3) is 0.619. The van der Waals surface area contributed by atoms with Crippen molar-refractivity contribution in [3.63, 3.8) is 0 Å². The number of hydrogen-bond acceptors (Lipinski definition) is 7. The molecule has 30 heavy (non-hydrogen) atoms. The molecule has 0 bridgehead atoms. The number of ether oxygens (including phenoxy) is 2. The lowest BCUT2D eigenvalue weighted by atomic mass is 9.78. The predicted octanol–water partition coefficient (Wildman–Crippen LogP) is 2.99. The fourth-order valence-electron chi connectivity index (χ4n) is 4.47. The van der Waals surface area contributed by atoms with E-state index >= 15 is 0 Å². The summed E-state index contributed by atoms with van der Waals surface area (Å²) in [6.07, 6.45) is 6.64. The van der Waals surface area contributed by atoms with Crippen LogP contribution in [-0.4, -0.2) is 61.2 Å². The number of nitrogens with zero attached hydrogens (tertiary/aromatic N) is 2. The fourth-order valence-corrected chi connectivity index (χ4v) is 4.47. The minimum absolute atomic E-state index is 0.0426. The Morgan fingerprint density at radius 2 is 2.00 bits per heavy atom. The lowest BCUT2D eigenvalue weighted by Gasteiger charge is -2.44. The van der Waals surface area contributed by atoms with Crippen LogP contribution in [0.25, 0.3) is 0 Å². The molecule has 9 heteroatoms. The molecule has 2 fully saturated rings. The number of likely N-dealkylation sites (tertiary alicyclic amines) is 1. The van der Waals surface area contributed by atoms with Crippen molar-refractivity contribution in [1.29, 1.82) is 0 Å². The van der Waals surface area contributed by atoms with Crippen molar-refractivity contribution in [2.24, 2.45) is 5.92 Å². The summed E-state index contributed by atoms with van der Waals surface area (Å²) in [6.45, 7) is 1.14. The van der Waals surface area contributed by atoms with Crippen LogP contribution in [0.5, 0.6) is 0 Å². The third-order valence-corrected chi connectivity index (χ3v) is 5.94. The van der Waals surface area contributed by atoms with E-state index in [1.165, 1.54) is 31.7 Å². The summed E-state index contributed by atoms with van der Waals surface area (Å²) in [7, 11) is 1.54. The molecule has 0 radical (unpaired) electrons. The molecule has 0 unspecified atom stereocenters. The largest absolute Gasteiger partial charge is 0.452 e. The third-order valence-electron chi connectivity index (χ3n) is 5.94. The first-order valence-corrected chi connectivity index (χ1v) is 10.5. The van der Waals surface area contributed by atoms with Crippen molar-refractivity contribution in [3.8, 4) is 0 Å². The zero-order chi connectivity index (χ0) is 21.5. The van der Waals surface area contributed by atoms with Gasteiger partial charge in [0.15, 0.2) is 6.61 Å². The Morgan fingerprint density at radius 1 is 1.23 bits per heavy atom. The standard InChI is InChI=1S/C21H29N3O6/c1-29-12-10-22-17-9-8-16(13-19(17)24(27)28)21(26)30-14-20(25)23-11-4-6-15-5-2-3-7-18(15)23/h8-9,13,15,18,22H,2-7,10-12,14H2,1H3/t15-,18+/m0/s1. The van der Waals surface area contributed by atoms with Gasteiger partial charge in [-0.3, -0.25) is 14.9 Å². The second-order valence-corrected chi connectivity index (χ2v) is 7.83. The van der Waals surface area contributed by atoms with E-state index in [-0.39, 0.29) is 29.8 Å². The molecule has 1 aromatic rings. The third kappa shape index (κ3) is 5.27. The molecule has 0 aromatic heterocycles. The van der Waals surface area contributed by atoms with E-state index in [0.717, 1.165) is 32.1 Å². The van der Waals surface area contributed by atoms with Gasteiger partial charge in [0.2, 0.25) is 0 Å². The van der Waals surface area contributed by atoms with Crippen LogP contribution in [-0.2, 0) is 14.3 Å². The maximum absolute atomic E-state index is 12.7. The van der Waals surface area contributed by atoms with E-state index in [4.69, 9.17) is 9.47 Å². The molecule has 3 rings (SSSR count). The number of esters is 1. The monoisotopic (exact) mass is 419 g/mol. The van der Waals surface area contributed by atoms with Crippen LogP contribution < -0.4 is 5.32 Å². The number of piperidine rings is 1. The van der Waals surface area contributed by atoms with Crippen molar-refractivity contribution in [2.75, 3.05) is 38.7 Å². The van der Waals surface area contributed by atoms with Crippen molar-refractivity contribution in [1.82, 2.24) is 4.90 Å². The Kier molecular flexibility index (Phi) is 7.62. The van der Waals surface area contributed by atoms with Gasteiger partial charge in [0.05, 0.1) is 17.1 Å². The SMILES string of the molecule is COCCNc1ccc(C(=O)OCC(=O)N2CCC[C@@H]3CCCC[C@H]32)cc1[N+](=O)[O-]. The second kappa shape index (κ2) is 10.4. The van der Waals surface area contributed by atoms with E-state index in [1.807, 2.05) is 4.90 Å². The molecule has 1 N–H and O–H groups in total. The number of carbonyl (C=O) groups excluding carboxylic acids is 2. The molecular weight excluding hydrogens is 390 g/mol. The highest BCUT2D eigenvalue weighted by Crippen LogP contribution is 2.35. The van der Waals surface area contributed by atoms with Gasteiger partial charge < -0.3 is 19.7 Å². The molecule has 1 aromatic carbocycles. The summed E-state index contributed by atoms with van der Waals surface area (Å²) >= 11 is 0. The predicted molar refractivity (Wildman–Crippen MR) is 110 cm³/mol. The number of hydrogen-bond donors (Lipinski definition) is 1. The maximum atomic E-state index is 12.7. The van der Waals surface area contributed by atoms with E-state index in [1.54, 1.807) is 0 Å². The molecule has 1 heterocycles. The first-order valence-electron chi connectivity index (χ1n) is 10.5. The average molecular weight is 419 g/mol. The molecule has 1 aliphatic heterocycles. The Hall–Kier alpha value is -2.68. The molecular formula is C21H29N3O6. The van der Waals surface area contributed by atoms with Crippen molar-refractivity contribution in [2.45, 2.75) is 44.6 Å². The van der Waals surface area contributed by atoms with E-state index in [9.17, 15) is 19.7 Å². The molecule has 2 atom stereocenters. The number of nitrogens with one attached hydrogen (secondary N) is 1. The Balaban J connectivity index is 1.60. The second-order valence-electron chi connectivity index (χ2n) is 7.83. The lowest BCUT2D eigenvalue weighted by molar-refractivity contribution is -0.384. The van der Waals surface area contributed by atoms with Gasteiger partial charge in [0.1, 0.15) is 5.69 Å². The summed E-state index contributed by atoms with van der Waals surface area (Å²) in [4.78, 5) is 37.8. The Labute approximate surface area is 175 Å². The number of nitro benzene ring substituents is 1. The minimum atomic E-state index is -0.743. The maximum Gasteiger partial charge on any atom is 0.338 e. The van der Waals surface area contributed by atoms with E-state index < -0.39 is 10.9 Å². The van der Waals surface area contributed by atoms with Gasteiger partial charge in [0.25, 0.3) is 11.6 Å². The zero-order valence-corrected chi connectivity index (χ0v) is 17.3. The van der Waals surface area contributed by atoms with Crippen LogP contribution in [0, 0.1) is 16.0 Å². The van der Waals surface area contributed by atoms with Crippen LogP contribution in [0.3, 0.4) is 0 Å². The molecule has 1 saturated heterocycles. The first-order chi connectivity index (χ1) is 14.5. The van der Waals surface area contributed by atoms with Gasteiger partial charge in [-0.2, -0.15) is 0 Å². The summed E-state index contributed by atoms with van der Waals surface area (Å²) in [5.74, 6) is -0.382. The quantitative estimate of drug-likeness (QED) is 0.298. The molecule has 0 spiro atoms. The van der Waals surface area contributed by atoms with E-state index in [2.05, 4.69) is 5.32 Å². The first kappa shape index (κ1) is 22.0. The van der Waals surface area contributed by atoms with Crippen molar-refractivity contribution < 1.29 is 24.0 Å². The van der Waals surface area contributed by atoms with Gasteiger partial charge in [0, 0.05) is 32.3 Å². The van der Waals surface area contributed by atoms with Crippen molar-refractivity contribution >= 4 is 23.3 Å². The topological polar surface area (TPSA) is 111 Å². The lowest BCUT2D eigenvalue weighted by Crippen LogP contribution is -2.50. The van der Waals surface area contributed by atoms with Crippen molar-refractivity contribution in [3.05, 3.63) is 33.9 Å². The average Bonchev–Trinajstić information content (AvgIpc) is 2.77. The zero-order valence-electron chi connectivity index (χ0n) is 17.3. The summed E-state index contributed by atoms with van der Waals surface area (Å²) in [5.41, 5.74) is 0.107. The van der Waals surface area contributed by atoms with Gasteiger partial charge in [-0.05, 0) is 43.7 Å². The highest BCUT2D eigenvalue weighted by atomic mass is 16.6. The summed E-state index contributed by atoms with van der Waals surface area (Å²) < 4.78 is 10.1. The number of rotatable bonds is 8. The summed E-state index contributed by atoms with van der Waals surface area (Å²) in [5, 5.41) is 14.3. The minimum Gasteiger partial charge on any atom is -0.452 e. The van der Waals surface area contributed by atoms with Gasteiger partial charge in [-0.15, -0.1) is 0 Å². The van der Waals surface area contributed by atoms with Gasteiger partial charge >= 0.3 is 5.97 Å². The number of nitro groups is 1. The summed E-state index contributed by atoms with van der Waals surface area (Å²) in [6, 6.07) is 4.33. The van der Waals surface area contributed by atoms with E-state index in [0.29, 0.717) is 31.3 Å². The molecule has 9 nitrogen and oxygen atoms in total. The Bertz CT molecular complexity index is 782. The van der Waals surface area contributed by atoms with Crippen LogP contribution in [0.4, 0.5) is 11.4 Å². The number of amides is 1. The van der Waals surface area contributed by atoms with Gasteiger partial charge in [-0.25, -0.2) is 4.79 Å². The number of methoxy groups -OCH3 is 1.